The van der Waals surface area contributed by atoms with Crippen molar-refractivity contribution in [2.24, 2.45) is 0 Å². The third-order valence-corrected chi connectivity index (χ3v) is 4.91. The van der Waals surface area contributed by atoms with Crippen molar-refractivity contribution >= 4 is 22.5 Å². The normalized spacial score (nSPS) is 13.4. The van der Waals surface area contributed by atoms with Crippen LogP contribution >= 0.6 is 0 Å². The van der Waals surface area contributed by atoms with Gasteiger partial charge in [-0.05, 0) is 49.2 Å². The number of hydrogen-bond donors (Lipinski definition) is 1. The van der Waals surface area contributed by atoms with E-state index >= 15 is 0 Å². The molecule has 2 aromatic heterocycles. The molecule has 29 heavy (non-hydrogen) atoms. The molecular formula is C22H19N5O2. The quantitative estimate of drug-likeness (QED) is 0.562. The minimum atomic E-state index is -0.331. The number of aromatic nitrogens is 4. The highest BCUT2D eigenvalue weighted by Crippen LogP contribution is 2.39. The smallest absolute Gasteiger partial charge is 0.295 e. The highest BCUT2D eigenvalue weighted by molar-refractivity contribution is 6.02. The summed E-state index contributed by atoms with van der Waals surface area (Å²) in [5, 5.41) is 8.29. The van der Waals surface area contributed by atoms with Gasteiger partial charge in [0.25, 0.3) is 5.91 Å². The van der Waals surface area contributed by atoms with Crippen molar-refractivity contribution in [3.05, 3.63) is 72.3 Å². The first-order valence-corrected chi connectivity index (χ1v) is 9.50. The summed E-state index contributed by atoms with van der Waals surface area (Å²) in [5.41, 5.74) is 2.37. The number of para-hydroxylation sites is 1. The SMILES string of the molecule is COc1ccc2cc(NC(=O)c3nc(C4CC4)n(-c4ccccc4)n3)ccc2n1. The molecule has 1 N–H and O–H groups in total. The van der Waals surface area contributed by atoms with Crippen molar-refractivity contribution in [1.29, 1.82) is 0 Å². The van der Waals surface area contributed by atoms with E-state index in [0.29, 0.717) is 17.5 Å². The monoisotopic (exact) mass is 385 g/mol. The van der Waals surface area contributed by atoms with E-state index < -0.39 is 0 Å². The van der Waals surface area contributed by atoms with Gasteiger partial charge < -0.3 is 10.1 Å². The van der Waals surface area contributed by atoms with Gasteiger partial charge in [-0.15, -0.1) is 5.10 Å². The van der Waals surface area contributed by atoms with E-state index in [-0.39, 0.29) is 11.7 Å². The number of carbonyl (C=O) groups is 1. The van der Waals surface area contributed by atoms with Gasteiger partial charge in [0, 0.05) is 23.1 Å². The molecule has 1 fully saturated rings. The van der Waals surface area contributed by atoms with Gasteiger partial charge in [0.1, 0.15) is 5.82 Å². The van der Waals surface area contributed by atoms with Crippen molar-refractivity contribution < 1.29 is 9.53 Å². The molecule has 0 atom stereocenters. The van der Waals surface area contributed by atoms with Crippen molar-refractivity contribution in [3.63, 3.8) is 0 Å². The van der Waals surface area contributed by atoms with Crippen LogP contribution in [0.15, 0.2) is 60.7 Å². The molecule has 1 amide bonds. The minimum Gasteiger partial charge on any atom is -0.481 e. The molecule has 1 aliphatic carbocycles. The number of nitrogens with one attached hydrogen (secondary N) is 1. The Bertz CT molecular complexity index is 1200. The summed E-state index contributed by atoms with van der Waals surface area (Å²) < 4.78 is 6.93. The van der Waals surface area contributed by atoms with E-state index in [1.165, 1.54) is 0 Å². The van der Waals surface area contributed by atoms with Crippen molar-refractivity contribution in [1.82, 2.24) is 19.7 Å². The number of pyridine rings is 1. The van der Waals surface area contributed by atoms with Crippen LogP contribution < -0.4 is 10.1 Å². The molecule has 0 saturated heterocycles. The van der Waals surface area contributed by atoms with Gasteiger partial charge in [-0.1, -0.05) is 18.2 Å². The molecule has 7 heteroatoms. The molecule has 2 heterocycles. The van der Waals surface area contributed by atoms with E-state index in [2.05, 4.69) is 20.4 Å². The first-order valence-electron chi connectivity index (χ1n) is 9.50. The lowest BCUT2D eigenvalue weighted by molar-refractivity contribution is 0.101. The molecule has 5 rings (SSSR count). The van der Waals surface area contributed by atoms with Crippen LogP contribution in [0.2, 0.25) is 0 Å². The van der Waals surface area contributed by atoms with Crippen LogP contribution in [0, 0.1) is 0 Å². The van der Waals surface area contributed by atoms with Gasteiger partial charge in [0.2, 0.25) is 11.7 Å². The maximum absolute atomic E-state index is 12.8. The van der Waals surface area contributed by atoms with Crippen LogP contribution in [0.25, 0.3) is 16.6 Å². The Morgan fingerprint density at radius 1 is 1.07 bits per heavy atom. The summed E-state index contributed by atoms with van der Waals surface area (Å²) in [5.74, 6) is 1.60. The summed E-state index contributed by atoms with van der Waals surface area (Å²) in [7, 11) is 1.58. The van der Waals surface area contributed by atoms with E-state index in [1.54, 1.807) is 17.9 Å². The molecule has 0 spiro atoms. The van der Waals surface area contributed by atoms with Crippen LogP contribution in [0.4, 0.5) is 5.69 Å². The van der Waals surface area contributed by atoms with Gasteiger partial charge in [-0.3, -0.25) is 4.79 Å². The van der Waals surface area contributed by atoms with Crippen LogP contribution in [-0.2, 0) is 0 Å². The number of fused-ring (bicyclic) bond motifs is 1. The Balaban J connectivity index is 1.43. The topological polar surface area (TPSA) is 81.9 Å². The molecule has 144 valence electrons. The van der Waals surface area contributed by atoms with Gasteiger partial charge in [0.15, 0.2) is 0 Å². The molecule has 0 unspecified atom stereocenters. The maximum Gasteiger partial charge on any atom is 0.295 e. The molecule has 2 aromatic carbocycles. The average molecular weight is 385 g/mol. The van der Waals surface area contributed by atoms with Crippen molar-refractivity contribution in [2.75, 3.05) is 12.4 Å². The van der Waals surface area contributed by atoms with E-state index in [4.69, 9.17) is 4.74 Å². The predicted molar refractivity (Wildman–Crippen MR) is 110 cm³/mol. The fourth-order valence-corrected chi connectivity index (χ4v) is 3.27. The van der Waals surface area contributed by atoms with Crippen molar-refractivity contribution in [3.8, 4) is 11.6 Å². The second-order valence-electron chi connectivity index (χ2n) is 7.03. The summed E-state index contributed by atoms with van der Waals surface area (Å²) in [6.07, 6.45) is 2.15. The Hall–Kier alpha value is -3.74. The Kier molecular flexibility index (Phi) is 4.20. The van der Waals surface area contributed by atoms with Crippen LogP contribution in [0.3, 0.4) is 0 Å². The lowest BCUT2D eigenvalue weighted by atomic mass is 10.2. The summed E-state index contributed by atoms with van der Waals surface area (Å²) in [6, 6.07) is 19.0. The largest absolute Gasteiger partial charge is 0.481 e. The molecule has 7 nitrogen and oxygen atoms in total. The summed E-state index contributed by atoms with van der Waals surface area (Å²) in [6.45, 7) is 0. The highest BCUT2D eigenvalue weighted by Gasteiger charge is 2.31. The first-order chi connectivity index (χ1) is 14.2. The Labute approximate surface area is 167 Å². The third kappa shape index (κ3) is 3.42. The standard InChI is InChI=1S/C22H19N5O2/c1-29-19-12-9-15-13-16(10-11-18(15)24-19)23-22(28)20-25-21(14-7-8-14)27(26-20)17-5-3-2-4-6-17/h2-6,9-14H,7-8H2,1H3,(H,23,28). The number of rotatable bonds is 5. The van der Waals surface area contributed by atoms with E-state index in [9.17, 15) is 4.79 Å². The first kappa shape index (κ1) is 17.4. The molecule has 0 radical (unpaired) electrons. The molecule has 4 aromatic rings. The van der Waals surface area contributed by atoms with Gasteiger partial charge in [0.05, 0.1) is 18.3 Å². The highest BCUT2D eigenvalue weighted by atomic mass is 16.5. The van der Waals surface area contributed by atoms with Crippen LogP contribution in [0.5, 0.6) is 5.88 Å². The number of anilines is 1. The number of carbonyl (C=O) groups excluding carboxylic acids is 1. The zero-order chi connectivity index (χ0) is 19.8. The average Bonchev–Trinajstić information content (AvgIpc) is 3.51. The van der Waals surface area contributed by atoms with Crippen LogP contribution in [-0.4, -0.2) is 32.8 Å². The molecule has 1 saturated carbocycles. The number of amides is 1. The van der Waals surface area contributed by atoms with E-state index in [1.807, 2.05) is 54.6 Å². The maximum atomic E-state index is 12.8. The third-order valence-electron chi connectivity index (χ3n) is 4.91. The fourth-order valence-electron chi connectivity index (χ4n) is 3.27. The van der Waals surface area contributed by atoms with E-state index in [0.717, 1.165) is 35.3 Å². The summed E-state index contributed by atoms with van der Waals surface area (Å²) >= 11 is 0. The number of benzene rings is 2. The van der Waals surface area contributed by atoms with Crippen molar-refractivity contribution in [2.45, 2.75) is 18.8 Å². The second kappa shape index (κ2) is 7.01. The fraction of sp³-hybridized carbons (Fsp3) is 0.182. The molecule has 1 aliphatic rings. The van der Waals surface area contributed by atoms with Gasteiger partial charge in [-0.25, -0.2) is 14.6 Å². The zero-order valence-electron chi connectivity index (χ0n) is 15.9. The van der Waals surface area contributed by atoms with Crippen LogP contribution in [0.1, 0.15) is 35.2 Å². The summed E-state index contributed by atoms with van der Waals surface area (Å²) in [4.78, 5) is 21.7. The van der Waals surface area contributed by atoms with Gasteiger partial charge in [-0.2, -0.15) is 0 Å². The lowest BCUT2D eigenvalue weighted by Crippen LogP contribution is -2.14. The predicted octanol–water partition coefficient (Wildman–Crippen LogP) is 3.95. The number of hydrogen-bond acceptors (Lipinski definition) is 5. The molecule has 0 bridgehead atoms. The number of methoxy groups -OCH3 is 1. The minimum absolute atomic E-state index is 0.170. The molecular weight excluding hydrogens is 366 g/mol. The lowest BCUT2D eigenvalue weighted by Gasteiger charge is -2.05. The second-order valence-corrected chi connectivity index (χ2v) is 7.03. The zero-order valence-corrected chi connectivity index (χ0v) is 15.9. The number of nitrogens with zero attached hydrogens (tertiary/aromatic N) is 4. The molecule has 0 aliphatic heterocycles. The van der Waals surface area contributed by atoms with Gasteiger partial charge >= 0.3 is 0 Å². The Morgan fingerprint density at radius 3 is 2.66 bits per heavy atom. The Morgan fingerprint density at radius 2 is 1.90 bits per heavy atom. The number of ether oxygens (including phenoxy) is 1.